The van der Waals surface area contributed by atoms with Crippen LogP contribution < -0.4 is 9.47 Å². The van der Waals surface area contributed by atoms with Crippen LogP contribution in [0.3, 0.4) is 0 Å². The van der Waals surface area contributed by atoms with E-state index in [0.29, 0.717) is 10.7 Å². The van der Waals surface area contributed by atoms with Gasteiger partial charge in [-0.05, 0) is 42.6 Å². The number of aromatic nitrogens is 1. The van der Waals surface area contributed by atoms with E-state index in [1.54, 1.807) is 6.20 Å². The molecule has 4 heteroatoms. The summed E-state index contributed by atoms with van der Waals surface area (Å²) in [5.74, 6) is 1.49. The zero-order valence-electron chi connectivity index (χ0n) is 8.87. The van der Waals surface area contributed by atoms with Gasteiger partial charge in [0.25, 0.3) is 0 Å². The van der Waals surface area contributed by atoms with Crippen molar-refractivity contribution in [2.45, 2.75) is 38.9 Å². The van der Waals surface area contributed by atoms with Crippen molar-refractivity contribution in [3.63, 3.8) is 0 Å². The first-order valence-corrected chi connectivity index (χ1v) is 5.94. The lowest BCUT2D eigenvalue weighted by atomic mass is 10.4. The van der Waals surface area contributed by atoms with Gasteiger partial charge >= 0.3 is 0 Å². The van der Waals surface area contributed by atoms with Gasteiger partial charge in [0, 0.05) is 12.3 Å². The average molecular weight is 272 g/mol. The number of halogens is 1. The highest BCUT2D eigenvalue weighted by Crippen LogP contribution is 2.38. The van der Waals surface area contributed by atoms with Gasteiger partial charge < -0.3 is 9.47 Å². The topological polar surface area (TPSA) is 31.4 Å². The molecule has 1 aliphatic carbocycles. The molecular formula is C11H14BrNO2. The van der Waals surface area contributed by atoms with E-state index in [-0.39, 0.29) is 6.10 Å². The van der Waals surface area contributed by atoms with Crippen LogP contribution in [-0.4, -0.2) is 17.2 Å². The van der Waals surface area contributed by atoms with Crippen LogP contribution in [0.1, 0.15) is 26.7 Å². The Labute approximate surface area is 97.9 Å². The van der Waals surface area contributed by atoms with Gasteiger partial charge in [-0.2, -0.15) is 0 Å². The van der Waals surface area contributed by atoms with Crippen molar-refractivity contribution in [1.82, 2.24) is 4.98 Å². The second kappa shape index (κ2) is 4.39. The van der Waals surface area contributed by atoms with Gasteiger partial charge in [-0.1, -0.05) is 0 Å². The first kappa shape index (κ1) is 10.7. The molecule has 1 heterocycles. The van der Waals surface area contributed by atoms with Crippen LogP contribution in [0.2, 0.25) is 0 Å². The summed E-state index contributed by atoms with van der Waals surface area (Å²) < 4.78 is 12.1. The van der Waals surface area contributed by atoms with Crippen LogP contribution in [0.15, 0.2) is 16.9 Å². The van der Waals surface area contributed by atoms with E-state index < -0.39 is 0 Å². The lowest BCUT2D eigenvalue weighted by molar-refractivity contribution is 0.216. The molecular weight excluding hydrogens is 258 g/mol. The molecule has 2 rings (SSSR count). The van der Waals surface area contributed by atoms with E-state index in [9.17, 15) is 0 Å². The molecule has 0 radical (unpaired) electrons. The predicted octanol–water partition coefficient (Wildman–Crippen LogP) is 3.17. The molecule has 1 aromatic rings. The van der Waals surface area contributed by atoms with Crippen molar-refractivity contribution in [1.29, 1.82) is 0 Å². The SMILES string of the molecule is CC(C)Oc1ccnc(Br)c1OC1CC1. The van der Waals surface area contributed by atoms with Crippen LogP contribution >= 0.6 is 15.9 Å². The van der Waals surface area contributed by atoms with Crippen LogP contribution in [0.5, 0.6) is 11.5 Å². The van der Waals surface area contributed by atoms with E-state index in [0.717, 1.165) is 24.3 Å². The normalized spacial score (nSPS) is 15.5. The largest absolute Gasteiger partial charge is 0.487 e. The van der Waals surface area contributed by atoms with Gasteiger partial charge in [0.05, 0.1) is 12.2 Å². The van der Waals surface area contributed by atoms with E-state index >= 15 is 0 Å². The number of hydrogen-bond acceptors (Lipinski definition) is 3. The molecule has 15 heavy (non-hydrogen) atoms. The smallest absolute Gasteiger partial charge is 0.194 e. The Morgan fingerprint density at radius 1 is 1.47 bits per heavy atom. The second-order valence-electron chi connectivity index (χ2n) is 3.91. The van der Waals surface area contributed by atoms with Crippen LogP contribution in [0.4, 0.5) is 0 Å². The lowest BCUT2D eigenvalue weighted by Crippen LogP contribution is -2.08. The van der Waals surface area contributed by atoms with E-state index in [1.165, 1.54) is 0 Å². The highest BCUT2D eigenvalue weighted by molar-refractivity contribution is 9.10. The Kier molecular flexibility index (Phi) is 3.14. The van der Waals surface area contributed by atoms with Gasteiger partial charge in [0.1, 0.15) is 0 Å². The average Bonchev–Trinajstić information content (AvgIpc) is 2.94. The summed E-state index contributed by atoms with van der Waals surface area (Å²) in [5.41, 5.74) is 0. The third-order valence-corrected chi connectivity index (χ3v) is 2.56. The molecule has 0 atom stereocenters. The number of ether oxygens (including phenoxy) is 2. The summed E-state index contributed by atoms with van der Waals surface area (Å²) >= 11 is 3.38. The highest BCUT2D eigenvalue weighted by atomic mass is 79.9. The van der Waals surface area contributed by atoms with Crippen molar-refractivity contribution in [3.8, 4) is 11.5 Å². The Morgan fingerprint density at radius 3 is 2.80 bits per heavy atom. The molecule has 1 saturated carbocycles. The molecule has 0 spiro atoms. The molecule has 0 saturated heterocycles. The maximum absolute atomic E-state index is 5.75. The van der Waals surface area contributed by atoms with Crippen LogP contribution in [0, 0.1) is 0 Å². The van der Waals surface area contributed by atoms with Crippen molar-refractivity contribution >= 4 is 15.9 Å². The minimum absolute atomic E-state index is 0.140. The number of hydrogen-bond donors (Lipinski definition) is 0. The quantitative estimate of drug-likeness (QED) is 0.789. The van der Waals surface area contributed by atoms with E-state index in [2.05, 4.69) is 20.9 Å². The minimum atomic E-state index is 0.140. The molecule has 0 aromatic carbocycles. The first-order valence-electron chi connectivity index (χ1n) is 5.14. The van der Waals surface area contributed by atoms with Gasteiger partial charge in [0.2, 0.25) is 0 Å². The Morgan fingerprint density at radius 2 is 2.20 bits per heavy atom. The molecule has 1 aliphatic rings. The van der Waals surface area contributed by atoms with E-state index in [1.807, 2.05) is 19.9 Å². The molecule has 0 bridgehead atoms. The highest BCUT2D eigenvalue weighted by Gasteiger charge is 2.26. The van der Waals surface area contributed by atoms with Crippen molar-refractivity contribution < 1.29 is 9.47 Å². The Bertz CT molecular complexity index is 350. The third kappa shape index (κ3) is 2.84. The van der Waals surface area contributed by atoms with Crippen molar-refractivity contribution in [2.24, 2.45) is 0 Å². The first-order chi connectivity index (χ1) is 7.16. The van der Waals surface area contributed by atoms with Crippen LogP contribution in [0.25, 0.3) is 0 Å². The lowest BCUT2D eigenvalue weighted by Gasteiger charge is -2.15. The van der Waals surface area contributed by atoms with Gasteiger partial charge in [-0.15, -0.1) is 0 Å². The monoisotopic (exact) mass is 271 g/mol. The Balaban J connectivity index is 2.21. The third-order valence-electron chi connectivity index (χ3n) is 2.00. The molecule has 1 fully saturated rings. The standard InChI is InChI=1S/C11H14BrNO2/c1-7(2)14-9-5-6-13-11(12)10(9)15-8-3-4-8/h5-8H,3-4H2,1-2H3. The summed E-state index contributed by atoms with van der Waals surface area (Å²) in [6, 6.07) is 1.84. The molecule has 0 aliphatic heterocycles. The van der Waals surface area contributed by atoms with Crippen molar-refractivity contribution in [2.75, 3.05) is 0 Å². The van der Waals surface area contributed by atoms with Gasteiger partial charge in [-0.3, -0.25) is 0 Å². The molecule has 0 unspecified atom stereocenters. The predicted molar refractivity (Wildman–Crippen MR) is 61.4 cm³/mol. The number of pyridine rings is 1. The maximum atomic E-state index is 5.75. The summed E-state index contributed by atoms with van der Waals surface area (Å²) in [6.45, 7) is 3.99. The molecule has 82 valence electrons. The fourth-order valence-electron chi connectivity index (χ4n) is 1.21. The van der Waals surface area contributed by atoms with E-state index in [4.69, 9.17) is 9.47 Å². The Hall–Kier alpha value is -0.770. The summed E-state index contributed by atoms with van der Waals surface area (Å²) in [6.07, 6.45) is 4.45. The zero-order chi connectivity index (χ0) is 10.8. The summed E-state index contributed by atoms with van der Waals surface area (Å²) in [5, 5.41) is 0. The maximum Gasteiger partial charge on any atom is 0.194 e. The van der Waals surface area contributed by atoms with Crippen molar-refractivity contribution in [3.05, 3.63) is 16.9 Å². The van der Waals surface area contributed by atoms with Crippen LogP contribution in [-0.2, 0) is 0 Å². The molecule has 0 N–H and O–H groups in total. The second-order valence-corrected chi connectivity index (χ2v) is 4.66. The summed E-state index contributed by atoms with van der Waals surface area (Å²) in [4.78, 5) is 4.14. The van der Waals surface area contributed by atoms with Gasteiger partial charge in [0.15, 0.2) is 16.1 Å². The number of nitrogens with zero attached hydrogens (tertiary/aromatic N) is 1. The molecule has 1 aromatic heterocycles. The molecule has 0 amide bonds. The summed E-state index contributed by atoms with van der Waals surface area (Å²) in [7, 11) is 0. The fourth-order valence-corrected chi connectivity index (χ4v) is 1.62. The zero-order valence-corrected chi connectivity index (χ0v) is 10.5. The number of rotatable bonds is 4. The van der Waals surface area contributed by atoms with Gasteiger partial charge in [-0.25, -0.2) is 4.98 Å². The minimum Gasteiger partial charge on any atom is -0.487 e. The fraction of sp³-hybridized carbons (Fsp3) is 0.545. The molecule has 3 nitrogen and oxygen atoms in total.